The largest absolute Gasteiger partial charge is 0.342 e. The Bertz CT molecular complexity index is 555. The van der Waals surface area contributed by atoms with Crippen LogP contribution in [-0.2, 0) is 9.47 Å². The summed E-state index contributed by atoms with van der Waals surface area (Å²) in [7, 11) is -2.69. The van der Waals surface area contributed by atoms with Crippen LogP contribution in [0.5, 0.6) is 0 Å². The van der Waals surface area contributed by atoms with E-state index in [-0.39, 0.29) is 18.5 Å². The predicted octanol–water partition coefficient (Wildman–Crippen LogP) is 3.27. The first-order valence-corrected chi connectivity index (χ1v) is 14.6. The molecular weight excluding hydrogens is 280 g/mol. The van der Waals surface area contributed by atoms with Gasteiger partial charge in [-0.3, -0.25) is 0 Å². The molecule has 1 fully saturated rings. The van der Waals surface area contributed by atoms with Gasteiger partial charge in [-0.05, 0) is 12.5 Å². The smallest absolute Gasteiger partial charge is 0.185 e. The number of hydrogen-bond donors (Lipinski definition) is 0. The molecule has 1 aromatic carbocycles. The van der Waals surface area contributed by atoms with Crippen LogP contribution in [0.15, 0.2) is 12.1 Å². The summed E-state index contributed by atoms with van der Waals surface area (Å²) in [4.78, 5) is 0. The predicted molar refractivity (Wildman–Crippen MR) is 89.5 cm³/mol. The van der Waals surface area contributed by atoms with Crippen LogP contribution in [0.1, 0.15) is 30.4 Å². The van der Waals surface area contributed by atoms with Gasteiger partial charge in [-0.25, -0.2) is 0 Å². The van der Waals surface area contributed by atoms with Gasteiger partial charge >= 0.3 is 0 Å². The lowest BCUT2D eigenvalue weighted by Crippen LogP contribution is -2.56. The lowest BCUT2D eigenvalue weighted by Gasteiger charge is -2.31. The van der Waals surface area contributed by atoms with Gasteiger partial charge in [0.05, 0.1) is 22.3 Å². The lowest BCUT2D eigenvalue weighted by molar-refractivity contribution is -0.0550. The van der Waals surface area contributed by atoms with Gasteiger partial charge in [0, 0.05) is 5.56 Å². The maximum Gasteiger partial charge on any atom is 0.185 e. The van der Waals surface area contributed by atoms with Crippen LogP contribution >= 0.6 is 0 Å². The molecule has 4 heteroatoms. The third-order valence-electron chi connectivity index (χ3n) is 4.43. The van der Waals surface area contributed by atoms with Gasteiger partial charge in [0.25, 0.3) is 0 Å². The molecule has 2 bridgehead atoms. The van der Waals surface area contributed by atoms with E-state index in [1.54, 1.807) is 10.4 Å². The summed E-state index contributed by atoms with van der Waals surface area (Å²) in [5, 5.41) is 3.25. The molecule has 20 heavy (non-hydrogen) atoms. The van der Waals surface area contributed by atoms with Crippen LogP contribution in [0.25, 0.3) is 0 Å². The average Bonchev–Trinajstić information content (AvgIpc) is 2.82. The molecule has 0 N–H and O–H groups in total. The van der Waals surface area contributed by atoms with Gasteiger partial charge < -0.3 is 9.47 Å². The fourth-order valence-electron chi connectivity index (χ4n) is 3.34. The van der Waals surface area contributed by atoms with Crippen molar-refractivity contribution in [3.05, 3.63) is 23.3 Å². The molecule has 0 aliphatic carbocycles. The molecule has 0 amide bonds. The Hall–Kier alpha value is -0.426. The van der Waals surface area contributed by atoms with Gasteiger partial charge in [0.15, 0.2) is 6.29 Å². The zero-order chi connectivity index (χ0) is 14.9. The lowest BCUT2D eigenvalue weighted by atomic mass is 9.99. The first-order chi connectivity index (χ1) is 9.09. The van der Waals surface area contributed by atoms with Crippen LogP contribution < -0.4 is 10.4 Å². The zero-order valence-electron chi connectivity index (χ0n) is 13.7. The van der Waals surface area contributed by atoms with Crippen molar-refractivity contribution in [2.75, 3.05) is 0 Å². The summed E-state index contributed by atoms with van der Waals surface area (Å²) < 4.78 is 11.9. The zero-order valence-corrected chi connectivity index (χ0v) is 15.7. The first kappa shape index (κ1) is 14.5. The Morgan fingerprint density at radius 2 is 1.30 bits per heavy atom. The number of rotatable bonds is 2. The highest BCUT2D eigenvalue weighted by Crippen LogP contribution is 2.48. The minimum Gasteiger partial charge on any atom is -0.342 e. The topological polar surface area (TPSA) is 18.5 Å². The second-order valence-electron chi connectivity index (χ2n) is 8.26. The van der Waals surface area contributed by atoms with Crippen molar-refractivity contribution in [1.82, 2.24) is 0 Å². The van der Waals surface area contributed by atoms with Gasteiger partial charge in [-0.15, -0.1) is 0 Å². The molecule has 0 aromatic heterocycles. The summed E-state index contributed by atoms with van der Waals surface area (Å²) >= 11 is 0. The standard InChI is InChI=1S/C16H26O2Si2/c1-10-15-11-8-13(19(2,3)4)14(20(5,6)7)9-12(11)16(17-10)18-15/h8-10,15-16H,1-7H3/t10-,15-,16-/m1/s1. The molecule has 3 atom stereocenters. The van der Waals surface area contributed by atoms with Crippen LogP contribution in [0.3, 0.4) is 0 Å². The van der Waals surface area contributed by atoms with E-state index in [9.17, 15) is 0 Å². The molecule has 2 aliphatic heterocycles. The highest BCUT2D eigenvalue weighted by molar-refractivity contribution is 6.98. The molecule has 1 aromatic rings. The molecule has 3 rings (SSSR count). The maximum atomic E-state index is 6.00. The SMILES string of the molecule is C[C@H]1O[C@@H]2O[C@H]1c1cc([Si](C)(C)C)c([Si](C)(C)C)cc12. The van der Waals surface area contributed by atoms with Crippen LogP contribution in [-0.4, -0.2) is 22.3 Å². The molecule has 2 heterocycles. The van der Waals surface area contributed by atoms with Gasteiger partial charge in [-0.2, -0.15) is 0 Å². The molecule has 2 nitrogen and oxygen atoms in total. The van der Waals surface area contributed by atoms with E-state index in [2.05, 4.69) is 58.3 Å². The highest BCUT2D eigenvalue weighted by Gasteiger charge is 2.45. The Morgan fingerprint density at radius 3 is 1.80 bits per heavy atom. The minimum atomic E-state index is -1.35. The Kier molecular flexibility index (Phi) is 3.11. The van der Waals surface area contributed by atoms with E-state index >= 15 is 0 Å². The highest BCUT2D eigenvalue weighted by atomic mass is 28.3. The van der Waals surface area contributed by atoms with Crippen molar-refractivity contribution in [2.24, 2.45) is 0 Å². The first-order valence-electron chi connectivity index (χ1n) is 7.59. The molecule has 110 valence electrons. The molecule has 0 saturated carbocycles. The van der Waals surface area contributed by atoms with E-state index in [4.69, 9.17) is 9.47 Å². The fraction of sp³-hybridized carbons (Fsp3) is 0.625. The average molecular weight is 307 g/mol. The monoisotopic (exact) mass is 306 g/mol. The van der Waals surface area contributed by atoms with Crippen LogP contribution in [0.4, 0.5) is 0 Å². The van der Waals surface area contributed by atoms with Gasteiger partial charge in [0.1, 0.15) is 6.10 Å². The van der Waals surface area contributed by atoms with Gasteiger partial charge in [0.2, 0.25) is 0 Å². The fourth-order valence-corrected chi connectivity index (χ4v) is 8.53. The van der Waals surface area contributed by atoms with E-state index in [1.807, 2.05) is 0 Å². The molecule has 1 saturated heterocycles. The van der Waals surface area contributed by atoms with Crippen molar-refractivity contribution in [3.8, 4) is 0 Å². The summed E-state index contributed by atoms with van der Waals surface area (Å²) in [5.41, 5.74) is 2.70. The molecular formula is C16H26O2Si2. The van der Waals surface area contributed by atoms with E-state index in [1.165, 1.54) is 11.1 Å². The quantitative estimate of drug-likeness (QED) is 0.781. The van der Waals surface area contributed by atoms with Gasteiger partial charge in [-0.1, -0.05) is 61.8 Å². The van der Waals surface area contributed by atoms with Crippen molar-refractivity contribution in [2.45, 2.75) is 64.7 Å². The van der Waals surface area contributed by atoms with E-state index < -0.39 is 16.1 Å². The Balaban J connectivity index is 2.21. The van der Waals surface area contributed by atoms with Crippen molar-refractivity contribution < 1.29 is 9.47 Å². The van der Waals surface area contributed by atoms with Crippen LogP contribution in [0.2, 0.25) is 39.3 Å². The summed E-state index contributed by atoms with van der Waals surface area (Å²) in [6.45, 7) is 16.8. The Morgan fingerprint density at radius 1 is 0.800 bits per heavy atom. The normalized spacial score (nSPS) is 28.9. The minimum absolute atomic E-state index is 0.115. The number of hydrogen-bond acceptors (Lipinski definition) is 2. The van der Waals surface area contributed by atoms with Crippen molar-refractivity contribution in [3.63, 3.8) is 0 Å². The summed E-state index contributed by atoms with van der Waals surface area (Å²) in [6.07, 6.45) is 0.233. The third kappa shape index (κ3) is 2.13. The molecule has 2 aliphatic rings. The number of fused-ring (bicyclic) bond motifs is 5. The summed E-state index contributed by atoms with van der Waals surface area (Å²) in [6, 6.07) is 4.89. The summed E-state index contributed by atoms with van der Waals surface area (Å²) in [5.74, 6) is 0. The second kappa shape index (κ2) is 4.29. The maximum absolute atomic E-state index is 6.00. The number of benzene rings is 1. The number of ether oxygens (including phenoxy) is 2. The molecule has 0 unspecified atom stereocenters. The molecule has 0 radical (unpaired) electrons. The third-order valence-corrected chi connectivity index (χ3v) is 8.74. The van der Waals surface area contributed by atoms with Crippen molar-refractivity contribution in [1.29, 1.82) is 0 Å². The van der Waals surface area contributed by atoms with E-state index in [0.717, 1.165) is 0 Å². The van der Waals surface area contributed by atoms with Crippen molar-refractivity contribution >= 4 is 26.5 Å². The van der Waals surface area contributed by atoms with Crippen LogP contribution in [0, 0.1) is 0 Å². The second-order valence-corrected chi connectivity index (χ2v) is 18.3. The van der Waals surface area contributed by atoms with E-state index in [0.29, 0.717) is 0 Å². The molecule has 0 spiro atoms. The Labute approximate surface area is 124 Å².